The van der Waals surface area contributed by atoms with E-state index in [9.17, 15) is 14.4 Å². The number of nitrogens with one attached hydrogen (secondary N) is 1. The highest BCUT2D eigenvalue weighted by Crippen LogP contribution is 2.33. The van der Waals surface area contributed by atoms with Crippen LogP contribution in [0, 0.1) is 11.8 Å². The zero-order valence-corrected chi connectivity index (χ0v) is 27.8. The first kappa shape index (κ1) is 32.6. The summed E-state index contributed by atoms with van der Waals surface area (Å²) in [5, 5.41) is 5.35. The van der Waals surface area contributed by atoms with Crippen molar-refractivity contribution in [1.82, 2.24) is 29.5 Å². The van der Waals surface area contributed by atoms with E-state index in [-0.39, 0.29) is 24.1 Å². The lowest BCUT2D eigenvalue weighted by atomic mass is 9.79. The Morgan fingerprint density at radius 2 is 1.50 bits per heavy atom. The van der Waals surface area contributed by atoms with Gasteiger partial charge >= 0.3 is 11.8 Å². The molecule has 0 spiro atoms. The van der Waals surface area contributed by atoms with Crippen LogP contribution in [0.4, 0.5) is 4.79 Å². The molecule has 3 aromatic rings. The van der Waals surface area contributed by atoms with Crippen molar-refractivity contribution in [3.63, 3.8) is 0 Å². The summed E-state index contributed by atoms with van der Waals surface area (Å²) in [6.07, 6.45) is 4.16. The number of aromatic amines is 1. The van der Waals surface area contributed by atoms with E-state index in [0.29, 0.717) is 66.7 Å². The van der Waals surface area contributed by atoms with Crippen LogP contribution in [-0.4, -0.2) is 93.9 Å². The van der Waals surface area contributed by atoms with E-state index in [1.165, 1.54) is 17.5 Å². The Bertz CT molecular complexity index is 1560. The molecular formula is C34H42Cl2N6O4. The fourth-order valence-corrected chi connectivity index (χ4v) is 7.47. The molecule has 0 saturated carbocycles. The molecule has 2 amide bonds. The fraction of sp³-hybridized carbons (Fsp3) is 0.529. The van der Waals surface area contributed by atoms with Gasteiger partial charge in [0, 0.05) is 38.2 Å². The van der Waals surface area contributed by atoms with Gasteiger partial charge in [0.1, 0.15) is 0 Å². The number of halogens is 2. The number of nitrogens with zero attached hydrogens (tertiary/aromatic N) is 5. The van der Waals surface area contributed by atoms with E-state index < -0.39 is 12.2 Å². The predicted octanol–water partition coefficient (Wildman–Crippen LogP) is 5.51. The van der Waals surface area contributed by atoms with E-state index in [0.717, 1.165) is 37.1 Å². The largest absolute Gasteiger partial charge is 0.436 e. The summed E-state index contributed by atoms with van der Waals surface area (Å²) >= 11 is 12.4. The lowest BCUT2D eigenvalue weighted by Crippen LogP contribution is -2.49. The molecule has 4 heterocycles. The molecule has 2 aromatic carbocycles. The van der Waals surface area contributed by atoms with Crippen molar-refractivity contribution >= 4 is 35.2 Å². The first-order chi connectivity index (χ1) is 22.2. The van der Waals surface area contributed by atoms with Crippen LogP contribution in [0.5, 0.6) is 0 Å². The number of carbonyl (C=O) groups is 2. The van der Waals surface area contributed by atoms with E-state index in [2.05, 4.69) is 22.0 Å². The number of benzene rings is 2. The highest BCUT2D eigenvalue weighted by molar-refractivity contribution is 6.42. The summed E-state index contributed by atoms with van der Waals surface area (Å²) in [7, 11) is 2.18. The second-order valence-electron chi connectivity index (χ2n) is 12.9. The third-order valence-electron chi connectivity index (χ3n) is 9.96. The second kappa shape index (κ2) is 14.6. The summed E-state index contributed by atoms with van der Waals surface area (Å²) in [5.74, 6) is 1.68. The molecule has 6 rings (SSSR count). The molecule has 1 aromatic heterocycles. The Labute approximate surface area is 279 Å². The minimum absolute atomic E-state index is 0.148. The van der Waals surface area contributed by atoms with Gasteiger partial charge in [-0.1, -0.05) is 59.6 Å². The van der Waals surface area contributed by atoms with Gasteiger partial charge in [-0.15, -0.1) is 5.10 Å². The van der Waals surface area contributed by atoms with Gasteiger partial charge in [0.2, 0.25) is 0 Å². The Morgan fingerprint density at radius 1 is 0.870 bits per heavy atom. The zero-order valence-electron chi connectivity index (χ0n) is 26.2. The first-order valence-electron chi connectivity index (χ1n) is 16.4. The van der Waals surface area contributed by atoms with Crippen molar-refractivity contribution in [3.05, 3.63) is 74.6 Å². The van der Waals surface area contributed by atoms with Gasteiger partial charge in [0.25, 0.3) is 5.91 Å². The van der Waals surface area contributed by atoms with Crippen LogP contribution < -0.4 is 5.69 Å². The van der Waals surface area contributed by atoms with Crippen LogP contribution in [0.2, 0.25) is 10.0 Å². The molecule has 3 aliphatic heterocycles. The van der Waals surface area contributed by atoms with Crippen LogP contribution in [0.1, 0.15) is 50.1 Å². The van der Waals surface area contributed by atoms with Crippen LogP contribution in [-0.2, 0) is 16.0 Å². The maximum atomic E-state index is 13.9. The Morgan fingerprint density at radius 3 is 2.15 bits per heavy atom. The third-order valence-corrected chi connectivity index (χ3v) is 10.7. The highest BCUT2D eigenvalue weighted by atomic mass is 35.5. The first-order valence-corrected chi connectivity index (χ1v) is 17.1. The van der Waals surface area contributed by atoms with Crippen LogP contribution >= 0.6 is 23.2 Å². The molecular weight excluding hydrogens is 627 g/mol. The molecule has 3 saturated heterocycles. The molecule has 12 heteroatoms. The molecule has 1 N–H and O–H groups in total. The Hall–Kier alpha value is -3.34. The molecule has 0 unspecified atom stereocenters. The van der Waals surface area contributed by atoms with Gasteiger partial charge in [-0.05, 0) is 88.2 Å². The minimum atomic E-state index is -0.982. The standard InChI is InChI=1S/C34H42Cl2N6O4/c1-39-15-9-24(10-16-39)25-11-17-40(18-12-25)32(43)30(22-23-7-8-28(35)29(36)21-23)46-34(45)41-19-13-27(14-20-41)42-33(44)37-31(38-42)26-5-3-2-4-6-26/h2-8,21,24-25,27,30H,9-20,22H2,1H3,(H,37,38,44)/t30-/m1/s1. The van der Waals surface area contributed by atoms with Crippen molar-refractivity contribution in [2.24, 2.45) is 11.8 Å². The van der Waals surface area contributed by atoms with Gasteiger partial charge in [-0.3, -0.25) is 9.78 Å². The van der Waals surface area contributed by atoms with E-state index >= 15 is 0 Å². The predicted molar refractivity (Wildman–Crippen MR) is 178 cm³/mol. The average Bonchev–Trinajstić information content (AvgIpc) is 3.48. The zero-order chi connectivity index (χ0) is 32.2. The molecule has 3 aliphatic rings. The molecule has 0 bridgehead atoms. The molecule has 246 valence electrons. The van der Waals surface area contributed by atoms with Crippen molar-refractivity contribution in [1.29, 1.82) is 0 Å². The average molecular weight is 670 g/mol. The van der Waals surface area contributed by atoms with E-state index in [1.54, 1.807) is 17.0 Å². The highest BCUT2D eigenvalue weighted by Gasteiger charge is 2.36. The number of H-pyrrole nitrogens is 1. The van der Waals surface area contributed by atoms with Crippen molar-refractivity contribution in [3.8, 4) is 11.4 Å². The van der Waals surface area contributed by atoms with Crippen molar-refractivity contribution < 1.29 is 14.3 Å². The number of piperidine rings is 3. The second-order valence-corrected chi connectivity index (χ2v) is 13.8. The topological polar surface area (TPSA) is 104 Å². The van der Waals surface area contributed by atoms with Gasteiger partial charge in [-0.25, -0.2) is 14.3 Å². The van der Waals surface area contributed by atoms with Gasteiger partial charge in [0.15, 0.2) is 11.9 Å². The van der Waals surface area contributed by atoms with Crippen molar-refractivity contribution in [2.45, 2.75) is 57.1 Å². The number of likely N-dealkylation sites (tertiary alicyclic amines) is 3. The van der Waals surface area contributed by atoms with Gasteiger partial charge in [0.05, 0.1) is 16.1 Å². The summed E-state index contributed by atoms with van der Waals surface area (Å²) in [6, 6.07) is 14.6. The Balaban J connectivity index is 1.09. The fourth-order valence-electron chi connectivity index (χ4n) is 7.15. The molecule has 1 atom stereocenters. The van der Waals surface area contributed by atoms with Gasteiger partial charge in [-0.2, -0.15) is 0 Å². The quantitative estimate of drug-likeness (QED) is 0.356. The molecule has 0 aliphatic carbocycles. The molecule has 10 nitrogen and oxygen atoms in total. The monoisotopic (exact) mass is 668 g/mol. The number of hydrogen-bond donors (Lipinski definition) is 1. The minimum Gasteiger partial charge on any atom is -0.436 e. The molecule has 0 radical (unpaired) electrons. The van der Waals surface area contributed by atoms with Crippen LogP contribution in [0.15, 0.2) is 53.3 Å². The van der Waals surface area contributed by atoms with E-state index in [4.69, 9.17) is 27.9 Å². The summed E-state index contributed by atoms with van der Waals surface area (Å²) < 4.78 is 7.47. The number of aromatic nitrogens is 3. The number of amides is 2. The van der Waals surface area contributed by atoms with Gasteiger partial charge < -0.3 is 19.4 Å². The normalized spacial score (nSPS) is 19.7. The lowest BCUT2D eigenvalue weighted by molar-refractivity contribution is -0.142. The lowest BCUT2D eigenvalue weighted by Gasteiger charge is -2.40. The smallest absolute Gasteiger partial charge is 0.410 e. The number of carbonyl (C=O) groups excluding carboxylic acids is 2. The maximum absolute atomic E-state index is 13.9. The summed E-state index contributed by atoms with van der Waals surface area (Å²) in [6.45, 7) is 4.38. The van der Waals surface area contributed by atoms with Crippen LogP contribution in [0.3, 0.4) is 0 Å². The molecule has 3 fully saturated rings. The number of hydrogen-bond acceptors (Lipinski definition) is 6. The Kier molecular flexibility index (Phi) is 10.4. The van der Waals surface area contributed by atoms with Crippen molar-refractivity contribution in [2.75, 3.05) is 46.3 Å². The van der Waals surface area contributed by atoms with E-state index in [1.807, 2.05) is 41.3 Å². The third kappa shape index (κ3) is 7.61. The number of ether oxygens (including phenoxy) is 1. The molecule has 46 heavy (non-hydrogen) atoms. The number of rotatable bonds is 7. The maximum Gasteiger partial charge on any atom is 0.410 e. The SMILES string of the molecule is CN1CCC(C2CCN(C(=O)[C@@H](Cc3ccc(Cl)c(Cl)c3)OC(=O)N3CCC(n4nc(-c5ccccc5)[nH]c4=O)CC3)CC2)CC1. The van der Waals surface area contributed by atoms with Crippen LogP contribution in [0.25, 0.3) is 11.4 Å². The summed E-state index contributed by atoms with van der Waals surface area (Å²) in [5.41, 5.74) is 1.34. The summed E-state index contributed by atoms with van der Waals surface area (Å²) in [4.78, 5) is 48.8.